The lowest BCUT2D eigenvalue weighted by Crippen LogP contribution is -1.88. The van der Waals surface area contributed by atoms with E-state index in [-0.39, 0.29) is 0 Å². The first-order chi connectivity index (χ1) is 9.18. The lowest BCUT2D eigenvalue weighted by molar-refractivity contribution is 0.467. The summed E-state index contributed by atoms with van der Waals surface area (Å²) in [6.07, 6.45) is 0. The molecule has 0 saturated carbocycles. The number of fused-ring (bicyclic) bond motifs is 1. The van der Waals surface area contributed by atoms with Crippen molar-refractivity contribution in [3.63, 3.8) is 0 Å². The third kappa shape index (κ3) is 1.88. The number of aromatic hydroxyl groups is 1. The van der Waals surface area contributed by atoms with Gasteiger partial charge in [-0.1, -0.05) is 54.6 Å². The molecule has 19 heavy (non-hydrogen) atoms. The molecule has 0 unspecified atom stereocenters. The van der Waals surface area contributed by atoms with E-state index in [0.29, 0.717) is 5.75 Å². The highest BCUT2D eigenvalue weighted by Crippen LogP contribution is 2.35. The van der Waals surface area contributed by atoms with Crippen molar-refractivity contribution < 1.29 is 5.11 Å². The Labute approximate surface area is 113 Å². The van der Waals surface area contributed by atoms with E-state index >= 15 is 0 Å². The molecule has 1 heteroatoms. The van der Waals surface area contributed by atoms with Crippen LogP contribution in [0.25, 0.3) is 21.9 Å². The molecule has 0 radical (unpaired) electrons. The van der Waals surface area contributed by atoms with Gasteiger partial charge in [-0.2, -0.15) is 0 Å². The molecule has 0 fully saturated rings. The van der Waals surface area contributed by atoms with Crippen LogP contribution in [0, 0.1) is 13.8 Å². The van der Waals surface area contributed by atoms with Crippen LogP contribution in [0.2, 0.25) is 0 Å². The molecule has 0 aliphatic carbocycles. The molecule has 0 amide bonds. The van der Waals surface area contributed by atoms with Gasteiger partial charge in [0.15, 0.2) is 0 Å². The van der Waals surface area contributed by atoms with Crippen LogP contribution in [-0.2, 0) is 0 Å². The summed E-state index contributed by atoms with van der Waals surface area (Å²) in [6.45, 7) is 3.90. The van der Waals surface area contributed by atoms with E-state index in [0.717, 1.165) is 16.7 Å². The summed E-state index contributed by atoms with van der Waals surface area (Å²) in [6, 6.07) is 18.7. The van der Waals surface area contributed by atoms with Crippen molar-refractivity contribution in [3.05, 3.63) is 65.7 Å². The maximum Gasteiger partial charge on any atom is 0.122 e. The van der Waals surface area contributed by atoms with E-state index in [2.05, 4.69) is 42.5 Å². The first-order valence-electron chi connectivity index (χ1n) is 6.46. The number of hydrogen-bond acceptors (Lipinski definition) is 1. The van der Waals surface area contributed by atoms with Crippen molar-refractivity contribution >= 4 is 10.8 Å². The minimum absolute atomic E-state index is 0.394. The molecule has 1 nitrogen and oxygen atoms in total. The van der Waals surface area contributed by atoms with E-state index in [4.69, 9.17) is 0 Å². The fourth-order valence-electron chi connectivity index (χ4n) is 2.59. The van der Waals surface area contributed by atoms with Crippen LogP contribution in [0.15, 0.2) is 54.6 Å². The van der Waals surface area contributed by atoms with E-state index in [9.17, 15) is 5.11 Å². The van der Waals surface area contributed by atoms with Gasteiger partial charge in [-0.15, -0.1) is 0 Å². The highest BCUT2D eigenvalue weighted by atomic mass is 16.3. The van der Waals surface area contributed by atoms with Gasteiger partial charge in [-0.25, -0.2) is 0 Å². The second kappa shape index (κ2) is 4.43. The van der Waals surface area contributed by atoms with Gasteiger partial charge in [0, 0.05) is 0 Å². The summed E-state index contributed by atoms with van der Waals surface area (Å²) < 4.78 is 0. The molecule has 0 saturated heterocycles. The average Bonchev–Trinajstić information content (AvgIpc) is 2.45. The summed E-state index contributed by atoms with van der Waals surface area (Å²) in [7, 11) is 0. The van der Waals surface area contributed by atoms with Crippen molar-refractivity contribution in [1.29, 1.82) is 0 Å². The number of rotatable bonds is 1. The second-order valence-electron chi connectivity index (χ2n) is 4.93. The van der Waals surface area contributed by atoms with Crippen LogP contribution >= 0.6 is 0 Å². The largest absolute Gasteiger partial charge is 0.507 e. The van der Waals surface area contributed by atoms with Gasteiger partial charge in [0.25, 0.3) is 0 Å². The molecule has 3 aromatic carbocycles. The molecule has 0 spiro atoms. The third-order valence-electron chi connectivity index (χ3n) is 3.71. The molecule has 0 aromatic heterocycles. The first kappa shape index (κ1) is 11.8. The first-order valence-corrected chi connectivity index (χ1v) is 6.46. The lowest BCUT2D eigenvalue weighted by Gasteiger charge is -2.12. The Morgan fingerprint density at radius 2 is 1.47 bits per heavy atom. The smallest absolute Gasteiger partial charge is 0.122 e. The van der Waals surface area contributed by atoms with Gasteiger partial charge >= 0.3 is 0 Å². The SMILES string of the molecule is Cc1ccc(-c2cccc3ccccc23)c(C)c1O. The molecule has 1 N–H and O–H groups in total. The zero-order valence-corrected chi connectivity index (χ0v) is 11.1. The van der Waals surface area contributed by atoms with Crippen molar-refractivity contribution in [1.82, 2.24) is 0 Å². The number of aryl methyl sites for hydroxylation is 1. The molecule has 3 aromatic rings. The molecule has 0 bridgehead atoms. The summed E-state index contributed by atoms with van der Waals surface area (Å²) >= 11 is 0. The van der Waals surface area contributed by atoms with Gasteiger partial charge in [-0.05, 0) is 46.9 Å². The fourth-order valence-corrected chi connectivity index (χ4v) is 2.59. The molecule has 3 rings (SSSR count). The summed E-state index contributed by atoms with van der Waals surface area (Å²) in [4.78, 5) is 0. The highest BCUT2D eigenvalue weighted by Gasteiger charge is 2.10. The fraction of sp³-hybridized carbons (Fsp3) is 0.111. The predicted molar refractivity (Wildman–Crippen MR) is 80.5 cm³/mol. The molecular formula is C18H16O. The zero-order valence-electron chi connectivity index (χ0n) is 11.1. The Balaban J connectivity index is 2.34. The average molecular weight is 248 g/mol. The second-order valence-corrected chi connectivity index (χ2v) is 4.93. The molecule has 0 heterocycles. The van der Waals surface area contributed by atoms with Gasteiger partial charge in [-0.3, -0.25) is 0 Å². The van der Waals surface area contributed by atoms with Crippen LogP contribution in [-0.4, -0.2) is 5.11 Å². The topological polar surface area (TPSA) is 20.2 Å². The number of phenolic OH excluding ortho intramolecular Hbond substituents is 1. The van der Waals surface area contributed by atoms with Gasteiger partial charge in [0.2, 0.25) is 0 Å². The Morgan fingerprint density at radius 1 is 0.737 bits per heavy atom. The normalized spacial score (nSPS) is 10.8. The highest BCUT2D eigenvalue weighted by molar-refractivity contribution is 5.97. The molecular weight excluding hydrogens is 232 g/mol. The monoisotopic (exact) mass is 248 g/mol. The minimum Gasteiger partial charge on any atom is -0.507 e. The number of hydrogen-bond donors (Lipinski definition) is 1. The molecule has 0 atom stereocenters. The van der Waals surface area contributed by atoms with Gasteiger partial charge in [0.1, 0.15) is 5.75 Å². The molecule has 0 aliphatic heterocycles. The summed E-state index contributed by atoms with van der Waals surface area (Å²) in [5.41, 5.74) is 4.13. The molecule has 0 aliphatic rings. The minimum atomic E-state index is 0.394. The summed E-state index contributed by atoms with van der Waals surface area (Å²) in [5, 5.41) is 12.6. The van der Waals surface area contributed by atoms with E-state index in [1.54, 1.807) is 0 Å². The number of benzene rings is 3. The molecule has 94 valence electrons. The van der Waals surface area contributed by atoms with Crippen molar-refractivity contribution in [2.45, 2.75) is 13.8 Å². The zero-order chi connectivity index (χ0) is 13.4. The quantitative estimate of drug-likeness (QED) is 0.654. The maximum absolute atomic E-state index is 10.1. The van der Waals surface area contributed by atoms with Gasteiger partial charge < -0.3 is 5.11 Å². The van der Waals surface area contributed by atoms with E-state index < -0.39 is 0 Å². The Kier molecular flexibility index (Phi) is 2.75. The van der Waals surface area contributed by atoms with Crippen LogP contribution in [0.1, 0.15) is 11.1 Å². The summed E-state index contributed by atoms with van der Waals surface area (Å²) in [5.74, 6) is 0.394. The third-order valence-corrected chi connectivity index (χ3v) is 3.71. The standard InChI is InChI=1S/C18H16O/c1-12-10-11-15(13(2)18(12)19)17-9-5-7-14-6-3-4-8-16(14)17/h3-11,19H,1-2H3. The van der Waals surface area contributed by atoms with Crippen molar-refractivity contribution in [2.24, 2.45) is 0 Å². The van der Waals surface area contributed by atoms with Crippen LogP contribution in [0.4, 0.5) is 0 Å². The Bertz CT molecular complexity index is 751. The maximum atomic E-state index is 10.1. The Hall–Kier alpha value is -2.28. The van der Waals surface area contributed by atoms with Crippen molar-refractivity contribution in [2.75, 3.05) is 0 Å². The Morgan fingerprint density at radius 3 is 2.32 bits per heavy atom. The van der Waals surface area contributed by atoms with Crippen molar-refractivity contribution in [3.8, 4) is 16.9 Å². The van der Waals surface area contributed by atoms with E-state index in [1.165, 1.54) is 16.3 Å². The number of phenols is 1. The predicted octanol–water partition coefficient (Wildman–Crippen LogP) is 4.83. The van der Waals surface area contributed by atoms with E-state index in [1.807, 2.05) is 26.0 Å². The van der Waals surface area contributed by atoms with Crippen LogP contribution in [0.5, 0.6) is 5.75 Å². The van der Waals surface area contributed by atoms with Crippen LogP contribution < -0.4 is 0 Å². The van der Waals surface area contributed by atoms with Crippen LogP contribution in [0.3, 0.4) is 0 Å². The lowest BCUT2D eigenvalue weighted by atomic mass is 9.93. The van der Waals surface area contributed by atoms with Gasteiger partial charge in [0.05, 0.1) is 0 Å².